The van der Waals surface area contributed by atoms with E-state index in [4.69, 9.17) is 5.11 Å². The van der Waals surface area contributed by atoms with Crippen molar-refractivity contribution in [2.24, 2.45) is 0 Å². The molecular weight excluding hydrogens is 209 g/mol. The highest BCUT2D eigenvalue weighted by Gasteiger charge is 2.30. The molecule has 0 heterocycles. The van der Waals surface area contributed by atoms with Gasteiger partial charge in [-0.25, -0.2) is 0 Å². The van der Waals surface area contributed by atoms with E-state index in [1.807, 2.05) is 13.8 Å². The van der Waals surface area contributed by atoms with Gasteiger partial charge in [0, 0.05) is 25.7 Å². The fraction of sp³-hybridized carbons (Fsp3) is 1.00. The highest BCUT2D eigenvalue weighted by Crippen LogP contribution is 2.15. The van der Waals surface area contributed by atoms with Gasteiger partial charge in [0.05, 0.1) is 13.2 Å². The van der Waals surface area contributed by atoms with Crippen LogP contribution in [0.4, 0.5) is 13.2 Å². The summed E-state index contributed by atoms with van der Waals surface area (Å²) >= 11 is 0. The number of hydrogen-bond acceptors (Lipinski definition) is 3. The normalized spacial score (nSPS) is 12.8. The van der Waals surface area contributed by atoms with Crippen LogP contribution in [0.15, 0.2) is 0 Å². The van der Waals surface area contributed by atoms with Crippen LogP contribution in [0.1, 0.15) is 13.8 Å². The maximum absolute atomic E-state index is 12.1. The maximum Gasteiger partial charge on any atom is 0.401 e. The van der Waals surface area contributed by atoms with Crippen molar-refractivity contribution in [3.63, 3.8) is 0 Å². The van der Waals surface area contributed by atoms with Gasteiger partial charge >= 0.3 is 6.18 Å². The molecule has 0 amide bonds. The van der Waals surface area contributed by atoms with E-state index in [0.29, 0.717) is 6.54 Å². The topological polar surface area (TPSA) is 35.5 Å². The van der Waals surface area contributed by atoms with Gasteiger partial charge in [-0.1, -0.05) is 13.8 Å². The van der Waals surface area contributed by atoms with E-state index in [9.17, 15) is 13.2 Å². The van der Waals surface area contributed by atoms with Crippen molar-refractivity contribution in [2.45, 2.75) is 26.1 Å². The Bertz CT molecular complexity index is 162. The average Bonchev–Trinajstić information content (AvgIpc) is 2.00. The summed E-state index contributed by atoms with van der Waals surface area (Å²) < 4.78 is 36.2. The number of nitrogens with zero attached hydrogens (tertiary/aromatic N) is 1. The number of hydrogen-bond donors (Lipinski definition) is 2. The van der Waals surface area contributed by atoms with Gasteiger partial charge in [-0.3, -0.25) is 4.90 Å². The zero-order chi connectivity index (χ0) is 11.9. The molecule has 0 aliphatic carbocycles. The second-order valence-electron chi connectivity index (χ2n) is 3.72. The monoisotopic (exact) mass is 228 g/mol. The Balaban J connectivity index is 3.83. The van der Waals surface area contributed by atoms with Gasteiger partial charge in [0.15, 0.2) is 0 Å². The van der Waals surface area contributed by atoms with E-state index in [-0.39, 0.29) is 25.7 Å². The molecule has 0 atom stereocenters. The standard InChI is InChI=1S/C9H19F3N2O/c1-8(2)13-3-4-14(5-6-15)7-9(10,11)12/h8,13,15H,3-7H2,1-2H3. The van der Waals surface area contributed by atoms with Crippen LogP contribution >= 0.6 is 0 Å². The van der Waals surface area contributed by atoms with Crippen molar-refractivity contribution < 1.29 is 18.3 Å². The Morgan fingerprint density at radius 3 is 2.27 bits per heavy atom. The molecule has 0 saturated carbocycles. The molecule has 92 valence electrons. The van der Waals surface area contributed by atoms with Crippen LogP contribution in [0.5, 0.6) is 0 Å². The smallest absolute Gasteiger partial charge is 0.395 e. The third kappa shape index (κ3) is 9.96. The zero-order valence-electron chi connectivity index (χ0n) is 9.14. The fourth-order valence-electron chi connectivity index (χ4n) is 1.18. The van der Waals surface area contributed by atoms with Crippen molar-refractivity contribution >= 4 is 0 Å². The lowest BCUT2D eigenvalue weighted by molar-refractivity contribution is -0.146. The number of alkyl halides is 3. The summed E-state index contributed by atoms with van der Waals surface area (Å²) in [5.41, 5.74) is 0. The van der Waals surface area contributed by atoms with E-state index in [1.165, 1.54) is 4.90 Å². The van der Waals surface area contributed by atoms with Crippen molar-refractivity contribution in [1.29, 1.82) is 0 Å². The molecule has 0 bridgehead atoms. The predicted octanol–water partition coefficient (Wildman–Crippen LogP) is 0.841. The van der Waals surface area contributed by atoms with Gasteiger partial charge in [0.25, 0.3) is 0 Å². The molecular formula is C9H19F3N2O. The van der Waals surface area contributed by atoms with Crippen molar-refractivity contribution in [3.8, 4) is 0 Å². The minimum absolute atomic E-state index is 0.0548. The zero-order valence-corrected chi connectivity index (χ0v) is 9.14. The molecule has 0 saturated heterocycles. The lowest BCUT2D eigenvalue weighted by atomic mass is 10.3. The SMILES string of the molecule is CC(C)NCCN(CCO)CC(F)(F)F. The maximum atomic E-state index is 12.1. The van der Waals surface area contributed by atoms with Gasteiger partial charge in [-0.15, -0.1) is 0 Å². The molecule has 0 aliphatic heterocycles. The van der Waals surface area contributed by atoms with E-state index < -0.39 is 12.7 Å². The van der Waals surface area contributed by atoms with Gasteiger partial charge in [0.2, 0.25) is 0 Å². The molecule has 0 aromatic carbocycles. The Morgan fingerprint density at radius 2 is 1.87 bits per heavy atom. The lowest BCUT2D eigenvalue weighted by Gasteiger charge is -2.23. The minimum Gasteiger partial charge on any atom is -0.395 e. The number of halogens is 3. The van der Waals surface area contributed by atoms with E-state index in [2.05, 4.69) is 5.32 Å². The highest BCUT2D eigenvalue weighted by molar-refractivity contribution is 4.65. The third-order valence-electron chi connectivity index (χ3n) is 1.80. The average molecular weight is 228 g/mol. The van der Waals surface area contributed by atoms with E-state index >= 15 is 0 Å². The fourth-order valence-corrected chi connectivity index (χ4v) is 1.18. The molecule has 0 unspecified atom stereocenters. The number of rotatable bonds is 7. The second kappa shape index (κ2) is 7.03. The van der Waals surface area contributed by atoms with Crippen LogP contribution < -0.4 is 5.32 Å². The first kappa shape index (κ1) is 14.7. The van der Waals surface area contributed by atoms with Crippen LogP contribution in [0.2, 0.25) is 0 Å². The molecule has 15 heavy (non-hydrogen) atoms. The first-order chi connectivity index (χ1) is 6.85. The molecule has 2 N–H and O–H groups in total. The van der Waals surface area contributed by atoms with E-state index in [0.717, 1.165) is 0 Å². The Labute approximate surface area is 88.3 Å². The number of nitrogens with one attached hydrogen (secondary N) is 1. The summed E-state index contributed by atoms with van der Waals surface area (Å²) in [5, 5.41) is 11.6. The van der Waals surface area contributed by atoms with Crippen molar-refractivity contribution in [3.05, 3.63) is 0 Å². The molecule has 6 heteroatoms. The van der Waals surface area contributed by atoms with Gasteiger partial charge < -0.3 is 10.4 Å². The van der Waals surface area contributed by atoms with Crippen LogP contribution in [0.3, 0.4) is 0 Å². The largest absolute Gasteiger partial charge is 0.401 e. The quantitative estimate of drug-likeness (QED) is 0.678. The Hall–Kier alpha value is -0.330. The molecule has 0 spiro atoms. The van der Waals surface area contributed by atoms with Gasteiger partial charge in [0.1, 0.15) is 0 Å². The summed E-state index contributed by atoms with van der Waals surface area (Å²) in [6.45, 7) is 3.48. The first-order valence-electron chi connectivity index (χ1n) is 4.98. The Morgan fingerprint density at radius 1 is 1.27 bits per heavy atom. The molecule has 0 rings (SSSR count). The Kier molecular flexibility index (Phi) is 6.87. The van der Waals surface area contributed by atoms with Crippen LogP contribution in [0.25, 0.3) is 0 Å². The van der Waals surface area contributed by atoms with Crippen LogP contribution in [-0.2, 0) is 0 Å². The summed E-state index contributed by atoms with van der Waals surface area (Å²) in [4.78, 5) is 1.19. The van der Waals surface area contributed by atoms with E-state index in [1.54, 1.807) is 0 Å². The van der Waals surface area contributed by atoms with Gasteiger partial charge in [-0.2, -0.15) is 13.2 Å². The molecule has 0 aliphatic rings. The van der Waals surface area contributed by atoms with Crippen LogP contribution in [-0.4, -0.2) is 55.0 Å². The molecule has 0 radical (unpaired) electrons. The molecule has 0 fully saturated rings. The lowest BCUT2D eigenvalue weighted by Crippen LogP contribution is -2.41. The molecule has 0 aromatic rings. The predicted molar refractivity (Wildman–Crippen MR) is 52.7 cm³/mol. The van der Waals surface area contributed by atoms with Crippen LogP contribution in [0, 0.1) is 0 Å². The summed E-state index contributed by atoms with van der Waals surface area (Å²) in [6, 6.07) is 0.256. The van der Waals surface area contributed by atoms with Crippen molar-refractivity contribution in [1.82, 2.24) is 10.2 Å². The van der Waals surface area contributed by atoms with Gasteiger partial charge in [-0.05, 0) is 0 Å². The minimum atomic E-state index is -4.20. The summed E-state index contributed by atoms with van der Waals surface area (Å²) in [6.07, 6.45) is -4.20. The number of aliphatic hydroxyl groups excluding tert-OH is 1. The molecule has 0 aromatic heterocycles. The number of aliphatic hydroxyl groups is 1. The summed E-state index contributed by atoms with van der Waals surface area (Å²) in [7, 11) is 0. The third-order valence-corrected chi connectivity index (χ3v) is 1.80. The highest BCUT2D eigenvalue weighted by atomic mass is 19.4. The first-order valence-corrected chi connectivity index (χ1v) is 4.98. The van der Waals surface area contributed by atoms with Crippen molar-refractivity contribution in [2.75, 3.05) is 32.8 Å². The summed E-state index contributed by atoms with van der Waals surface area (Å²) in [5.74, 6) is 0. The molecule has 3 nitrogen and oxygen atoms in total. The second-order valence-corrected chi connectivity index (χ2v) is 3.72.